The predicted octanol–water partition coefficient (Wildman–Crippen LogP) is 2.87. The number of aliphatic carboxylic acids is 1. The zero-order valence-electron chi connectivity index (χ0n) is 11.6. The Morgan fingerprint density at radius 1 is 1.25 bits per heavy atom. The predicted molar refractivity (Wildman–Crippen MR) is 73.9 cm³/mol. The molecular weight excluding hydrogens is 256 g/mol. The smallest absolute Gasteiger partial charge is 0.309 e. The molecule has 0 unspecified atom stereocenters. The summed E-state index contributed by atoms with van der Waals surface area (Å²) in [6, 6.07) is 9.56. The highest BCUT2D eigenvalue weighted by atomic mass is 16.5. The lowest BCUT2D eigenvalue weighted by Gasteiger charge is -2.30. The van der Waals surface area contributed by atoms with Crippen molar-refractivity contribution in [2.45, 2.75) is 32.8 Å². The molecule has 1 aromatic carbocycles. The number of esters is 1. The number of ether oxygens (including phenoxy) is 1. The number of benzene rings is 1. The van der Waals surface area contributed by atoms with Crippen LogP contribution in [0.2, 0.25) is 0 Å². The molecule has 0 spiro atoms. The highest BCUT2D eigenvalue weighted by Gasteiger charge is 2.35. The summed E-state index contributed by atoms with van der Waals surface area (Å²) in [6.07, 6.45) is 1.77. The molecule has 1 fully saturated rings. The van der Waals surface area contributed by atoms with Crippen molar-refractivity contribution >= 4 is 11.9 Å². The van der Waals surface area contributed by atoms with Crippen molar-refractivity contribution < 1.29 is 19.4 Å². The van der Waals surface area contributed by atoms with Crippen LogP contribution >= 0.6 is 0 Å². The molecule has 4 heteroatoms. The van der Waals surface area contributed by atoms with E-state index in [1.165, 1.54) is 0 Å². The fraction of sp³-hybridized carbons (Fsp3) is 0.500. The number of hydrogen-bond acceptors (Lipinski definition) is 3. The van der Waals surface area contributed by atoms with Gasteiger partial charge in [0, 0.05) is 0 Å². The van der Waals surface area contributed by atoms with Crippen LogP contribution in [0, 0.1) is 17.8 Å². The Balaban J connectivity index is 1.84. The van der Waals surface area contributed by atoms with Crippen LogP contribution in [-0.4, -0.2) is 17.0 Å². The summed E-state index contributed by atoms with van der Waals surface area (Å²) >= 11 is 0. The highest BCUT2D eigenvalue weighted by molar-refractivity contribution is 5.74. The van der Waals surface area contributed by atoms with E-state index in [9.17, 15) is 9.59 Å². The number of carboxylic acids is 1. The van der Waals surface area contributed by atoms with E-state index in [1.807, 2.05) is 37.3 Å². The molecule has 0 aromatic heterocycles. The van der Waals surface area contributed by atoms with E-state index in [1.54, 1.807) is 0 Å². The van der Waals surface area contributed by atoms with Crippen LogP contribution in [0.15, 0.2) is 30.3 Å². The molecule has 0 saturated heterocycles. The fourth-order valence-corrected chi connectivity index (χ4v) is 2.82. The van der Waals surface area contributed by atoms with E-state index >= 15 is 0 Å². The lowest BCUT2D eigenvalue weighted by Crippen LogP contribution is -2.32. The second-order valence-corrected chi connectivity index (χ2v) is 5.53. The van der Waals surface area contributed by atoms with Crippen LogP contribution in [0.3, 0.4) is 0 Å². The molecule has 20 heavy (non-hydrogen) atoms. The lowest BCUT2D eigenvalue weighted by molar-refractivity contribution is -0.155. The topological polar surface area (TPSA) is 63.6 Å². The summed E-state index contributed by atoms with van der Waals surface area (Å²) in [5.74, 6) is -1.42. The fourth-order valence-electron chi connectivity index (χ4n) is 2.82. The van der Waals surface area contributed by atoms with Gasteiger partial charge in [-0.15, -0.1) is 0 Å². The van der Waals surface area contributed by atoms with Gasteiger partial charge in [0.2, 0.25) is 0 Å². The van der Waals surface area contributed by atoms with Crippen LogP contribution in [0.1, 0.15) is 31.7 Å². The Morgan fingerprint density at radius 2 is 1.95 bits per heavy atom. The molecule has 1 saturated carbocycles. The standard InChI is InChI=1S/C16H20O4/c1-11-9-13(7-8-14(11)15(17)18)16(19)20-10-12-5-3-2-4-6-12/h2-6,11,13-14H,7-10H2,1H3,(H,17,18)/t11-,13+,14+/m0/s1. The summed E-state index contributed by atoms with van der Waals surface area (Å²) < 4.78 is 5.33. The molecule has 3 atom stereocenters. The number of rotatable bonds is 4. The van der Waals surface area contributed by atoms with Gasteiger partial charge in [0.05, 0.1) is 11.8 Å². The van der Waals surface area contributed by atoms with Crippen LogP contribution < -0.4 is 0 Å². The third-order valence-electron chi connectivity index (χ3n) is 4.04. The average Bonchev–Trinajstić information content (AvgIpc) is 2.45. The van der Waals surface area contributed by atoms with Gasteiger partial charge in [-0.25, -0.2) is 0 Å². The maximum Gasteiger partial charge on any atom is 0.309 e. The van der Waals surface area contributed by atoms with Gasteiger partial charge in [0.1, 0.15) is 6.61 Å². The van der Waals surface area contributed by atoms with Crippen LogP contribution in [0.25, 0.3) is 0 Å². The van der Waals surface area contributed by atoms with Crippen LogP contribution in [-0.2, 0) is 20.9 Å². The first-order valence-corrected chi connectivity index (χ1v) is 7.01. The average molecular weight is 276 g/mol. The molecule has 0 radical (unpaired) electrons. The minimum atomic E-state index is -0.756. The Kier molecular flexibility index (Phi) is 4.77. The summed E-state index contributed by atoms with van der Waals surface area (Å²) in [6.45, 7) is 2.18. The van der Waals surface area contributed by atoms with E-state index in [0.29, 0.717) is 19.3 Å². The molecule has 108 valence electrons. The second-order valence-electron chi connectivity index (χ2n) is 5.53. The molecule has 0 aliphatic heterocycles. The van der Waals surface area contributed by atoms with Crippen LogP contribution in [0.4, 0.5) is 0 Å². The first-order chi connectivity index (χ1) is 9.58. The first kappa shape index (κ1) is 14.6. The van der Waals surface area contributed by atoms with Crippen molar-refractivity contribution in [1.29, 1.82) is 0 Å². The maximum atomic E-state index is 12.0. The van der Waals surface area contributed by atoms with E-state index in [2.05, 4.69) is 0 Å². The van der Waals surface area contributed by atoms with Gasteiger partial charge in [-0.3, -0.25) is 9.59 Å². The zero-order chi connectivity index (χ0) is 14.5. The molecular formula is C16H20O4. The minimum Gasteiger partial charge on any atom is -0.481 e. The number of carbonyl (C=O) groups excluding carboxylic acids is 1. The Hall–Kier alpha value is -1.84. The lowest BCUT2D eigenvalue weighted by atomic mass is 9.75. The van der Waals surface area contributed by atoms with Gasteiger partial charge in [0.25, 0.3) is 0 Å². The third-order valence-corrected chi connectivity index (χ3v) is 4.04. The van der Waals surface area contributed by atoms with Gasteiger partial charge in [-0.1, -0.05) is 37.3 Å². The van der Waals surface area contributed by atoms with Crippen molar-refractivity contribution in [2.75, 3.05) is 0 Å². The molecule has 0 amide bonds. The minimum absolute atomic E-state index is 0.0236. The molecule has 0 bridgehead atoms. The van der Waals surface area contributed by atoms with Gasteiger partial charge >= 0.3 is 11.9 Å². The normalized spacial score (nSPS) is 25.9. The number of carbonyl (C=O) groups is 2. The van der Waals surface area contributed by atoms with Gasteiger partial charge < -0.3 is 9.84 Å². The van der Waals surface area contributed by atoms with Crippen molar-refractivity contribution in [3.05, 3.63) is 35.9 Å². The van der Waals surface area contributed by atoms with Gasteiger partial charge in [-0.2, -0.15) is 0 Å². The molecule has 2 rings (SSSR count). The summed E-state index contributed by atoms with van der Waals surface area (Å²) in [4.78, 5) is 23.1. The maximum absolute atomic E-state index is 12.0. The van der Waals surface area contributed by atoms with Gasteiger partial charge in [-0.05, 0) is 30.7 Å². The van der Waals surface area contributed by atoms with Crippen molar-refractivity contribution in [3.63, 3.8) is 0 Å². The summed E-state index contributed by atoms with van der Waals surface area (Å²) in [7, 11) is 0. The Labute approximate surface area is 118 Å². The monoisotopic (exact) mass is 276 g/mol. The molecule has 1 aromatic rings. The largest absolute Gasteiger partial charge is 0.481 e. The van der Waals surface area contributed by atoms with E-state index in [4.69, 9.17) is 9.84 Å². The van der Waals surface area contributed by atoms with E-state index in [-0.39, 0.29) is 30.3 Å². The molecule has 0 heterocycles. The Bertz CT molecular complexity index is 469. The second kappa shape index (κ2) is 6.55. The van der Waals surface area contributed by atoms with Gasteiger partial charge in [0.15, 0.2) is 0 Å². The number of carboxylic acid groups (broad SMARTS) is 1. The first-order valence-electron chi connectivity index (χ1n) is 7.01. The summed E-state index contributed by atoms with van der Waals surface area (Å²) in [5.41, 5.74) is 0.966. The SMILES string of the molecule is C[C@H]1C[C@H](C(=O)OCc2ccccc2)CC[C@H]1C(=O)O. The quantitative estimate of drug-likeness (QED) is 0.859. The van der Waals surface area contributed by atoms with E-state index in [0.717, 1.165) is 5.56 Å². The van der Waals surface area contributed by atoms with Crippen molar-refractivity contribution in [1.82, 2.24) is 0 Å². The zero-order valence-corrected chi connectivity index (χ0v) is 11.6. The molecule has 1 aliphatic carbocycles. The van der Waals surface area contributed by atoms with Crippen molar-refractivity contribution in [2.24, 2.45) is 17.8 Å². The van der Waals surface area contributed by atoms with E-state index < -0.39 is 5.97 Å². The van der Waals surface area contributed by atoms with Crippen LogP contribution in [0.5, 0.6) is 0 Å². The molecule has 1 aliphatic rings. The number of hydrogen-bond donors (Lipinski definition) is 1. The van der Waals surface area contributed by atoms with Crippen molar-refractivity contribution in [3.8, 4) is 0 Å². The molecule has 1 N–H and O–H groups in total. The molecule has 4 nitrogen and oxygen atoms in total. The highest BCUT2D eigenvalue weighted by Crippen LogP contribution is 2.34. The third kappa shape index (κ3) is 3.59. The summed E-state index contributed by atoms with van der Waals surface area (Å²) in [5, 5.41) is 9.07. The Morgan fingerprint density at radius 3 is 2.55 bits per heavy atom.